The Balaban J connectivity index is 1.67. The number of benzene rings is 2. The average Bonchev–Trinajstić information content (AvgIpc) is 2.62. The Hall–Kier alpha value is -1.90. The molecular weight excluding hydrogens is 375 g/mol. The molecule has 2 aromatic carbocycles. The highest BCUT2D eigenvalue weighted by Crippen LogP contribution is 2.35. The Morgan fingerprint density at radius 3 is 2.65 bits per heavy atom. The van der Waals surface area contributed by atoms with Crippen LogP contribution in [-0.2, 0) is 14.8 Å². The molecule has 0 spiro atoms. The van der Waals surface area contributed by atoms with Gasteiger partial charge >= 0.3 is 0 Å². The second-order valence-electron chi connectivity index (χ2n) is 6.01. The molecule has 0 saturated heterocycles. The minimum absolute atomic E-state index is 0.0476. The molecule has 1 amide bonds. The van der Waals surface area contributed by atoms with Gasteiger partial charge in [-0.3, -0.25) is 4.79 Å². The van der Waals surface area contributed by atoms with Gasteiger partial charge < -0.3 is 5.32 Å². The van der Waals surface area contributed by atoms with Crippen molar-refractivity contribution >= 4 is 27.7 Å². The topological polar surface area (TPSA) is 66.5 Å². The van der Waals surface area contributed by atoms with E-state index >= 15 is 0 Å². The number of rotatable bonds is 5. The van der Waals surface area contributed by atoms with Gasteiger partial charge in [-0.1, -0.05) is 18.2 Å². The van der Waals surface area contributed by atoms with Crippen molar-refractivity contribution in [2.75, 3.05) is 19.3 Å². The summed E-state index contributed by atoms with van der Waals surface area (Å²) in [6.45, 7) is -0.300. The minimum atomic E-state index is -3.85. The van der Waals surface area contributed by atoms with Crippen LogP contribution in [-0.4, -0.2) is 38.0 Å². The van der Waals surface area contributed by atoms with Gasteiger partial charge in [-0.25, -0.2) is 12.8 Å². The van der Waals surface area contributed by atoms with Gasteiger partial charge in [0.05, 0.1) is 17.5 Å². The Morgan fingerprint density at radius 2 is 1.92 bits per heavy atom. The average molecular weight is 394 g/mol. The number of thioether (sulfide) groups is 1. The van der Waals surface area contributed by atoms with Crippen molar-refractivity contribution in [3.63, 3.8) is 0 Å². The van der Waals surface area contributed by atoms with E-state index in [1.54, 1.807) is 11.8 Å². The quantitative estimate of drug-likeness (QED) is 0.847. The van der Waals surface area contributed by atoms with Gasteiger partial charge in [0.25, 0.3) is 0 Å². The summed E-state index contributed by atoms with van der Waals surface area (Å²) in [6, 6.07) is 12.3. The van der Waals surface area contributed by atoms with E-state index in [4.69, 9.17) is 0 Å². The summed E-state index contributed by atoms with van der Waals surface area (Å²) in [5.74, 6) is 0.00847. The van der Waals surface area contributed by atoms with E-state index in [9.17, 15) is 17.6 Å². The van der Waals surface area contributed by atoms with Gasteiger partial charge in [-0.05, 0) is 42.3 Å². The predicted octanol–water partition coefficient (Wildman–Crippen LogP) is 2.80. The van der Waals surface area contributed by atoms with Gasteiger partial charge in [0.15, 0.2) is 0 Å². The second-order valence-corrected chi connectivity index (χ2v) is 9.19. The lowest BCUT2D eigenvalue weighted by molar-refractivity contribution is -0.121. The molecule has 0 unspecified atom stereocenters. The van der Waals surface area contributed by atoms with Crippen molar-refractivity contribution in [1.82, 2.24) is 9.62 Å². The lowest BCUT2D eigenvalue weighted by Crippen LogP contribution is -2.40. The van der Waals surface area contributed by atoms with Crippen LogP contribution in [0.1, 0.15) is 18.0 Å². The maximum absolute atomic E-state index is 13.0. The van der Waals surface area contributed by atoms with Gasteiger partial charge in [0.2, 0.25) is 15.9 Å². The third kappa shape index (κ3) is 4.08. The molecule has 1 N–H and O–H groups in total. The maximum atomic E-state index is 13.0. The molecule has 3 rings (SSSR count). The van der Waals surface area contributed by atoms with Crippen LogP contribution in [0, 0.1) is 5.82 Å². The number of likely N-dealkylation sites (N-methyl/N-ethyl adjacent to an activating group) is 1. The summed E-state index contributed by atoms with van der Waals surface area (Å²) in [7, 11) is -2.51. The molecule has 5 nitrogen and oxygen atoms in total. The molecule has 0 aromatic heterocycles. The highest BCUT2D eigenvalue weighted by Gasteiger charge is 2.26. The number of amides is 1. The molecule has 1 aliphatic heterocycles. The fourth-order valence-corrected chi connectivity index (χ4v) is 5.06. The molecule has 0 aliphatic carbocycles. The van der Waals surface area contributed by atoms with E-state index in [1.165, 1.54) is 19.2 Å². The third-order valence-corrected chi connectivity index (χ3v) is 7.12. The van der Waals surface area contributed by atoms with Gasteiger partial charge in [0.1, 0.15) is 5.82 Å². The maximum Gasteiger partial charge on any atom is 0.243 e. The van der Waals surface area contributed by atoms with Crippen LogP contribution in [0.2, 0.25) is 0 Å². The van der Waals surface area contributed by atoms with Gasteiger partial charge in [0, 0.05) is 17.7 Å². The molecule has 2 aromatic rings. The second kappa shape index (κ2) is 7.77. The Labute approximate surface area is 156 Å². The van der Waals surface area contributed by atoms with E-state index in [-0.39, 0.29) is 23.4 Å². The lowest BCUT2D eigenvalue weighted by Gasteiger charge is -2.26. The number of carbonyl (C=O) groups excluding carboxylic acids is 1. The number of halogens is 1. The SMILES string of the molecule is CN(CC(=O)N[C@@H]1CCSc2ccccc21)S(=O)(=O)c1ccc(F)cc1. The summed E-state index contributed by atoms with van der Waals surface area (Å²) in [5.41, 5.74) is 1.06. The molecule has 0 fully saturated rings. The van der Waals surface area contributed by atoms with Crippen LogP contribution in [0.5, 0.6) is 0 Å². The first-order chi connectivity index (χ1) is 12.4. The molecule has 0 bridgehead atoms. The summed E-state index contributed by atoms with van der Waals surface area (Å²) in [4.78, 5) is 13.5. The first kappa shape index (κ1) is 18.9. The van der Waals surface area contributed by atoms with Gasteiger partial charge in [-0.2, -0.15) is 4.31 Å². The Bertz CT molecular complexity index is 901. The van der Waals surface area contributed by atoms with Crippen molar-refractivity contribution in [2.24, 2.45) is 0 Å². The molecule has 1 heterocycles. The fourth-order valence-electron chi connectivity index (χ4n) is 2.81. The molecule has 1 atom stereocenters. The zero-order chi connectivity index (χ0) is 18.7. The first-order valence-corrected chi connectivity index (χ1v) is 10.5. The van der Waals surface area contributed by atoms with Gasteiger partial charge in [-0.15, -0.1) is 11.8 Å². The van der Waals surface area contributed by atoms with E-state index in [1.807, 2.05) is 24.3 Å². The zero-order valence-corrected chi connectivity index (χ0v) is 15.8. The highest BCUT2D eigenvalue weighted by molar-refractivity contribution is 7.99. The smallest absolute Gasteiger partial charge is 0.243 e. The number of sulfonamides is 1. The monoisotopic (exact) mass is 394 g/mol. The molecule has 138 valence electrons. The summed E-state index contributed by atoms with van der Waals surface area (Å²) in [5, 5.41) is 2.92. The van der Waals surface area contributed by atoms with Crippen molar-refractivity contribution < 1.29 is 17.6 Å². The molecule has 1 aliphatic rings. The largest absolute Gasteiger partial charge is 0.348 e. The number of hydrogen-bond donors (Lipinski definition) is 1. The first-order valence-electron chi connectivity index (χ1n) is 8.11. The van der Waals surface area contributed by atoms with E-state index < -0.39 is 15.8 Å². The van der Waals surface area contributed by atoms with E-state index in [2.05, 4.69) is 5.32 Å². The highest BCUT2D eigenvalue weighted by atomic mass is 32.2. The van der Waals surface area contributed by atoms with Crippen LogP contribution in [0.3, 0.4) is 0 Å². The van der Waals surface area contributed by atoms with Crippen LogP contribution >= 0.6 is 11.8 Å². The molecule has 8 heteroatoms. The molecule has 0 saturated carbocycles. The minimum Gasteiger partial charge on any atom is -0.348 e. The Morgan fingerprint density at radius 1 is 1.23 bits per heavy atom. The van der Waals surface area contributed by atoms with Crippen LogP contribution < -0.4 is 5.32 Å². The van der Waals surface area contributed by atoms with Crippen molar-refractivity contribution in [3.05, 3.63) is 59.9 Å². The lowest BCUT2D eigenvalue weighted by atomic mass is 10.0. The number of fused-ring (bicyclic) bond motifs is 1. The number of carbonyl (C=O) groups is 1. The molecule has 0 radical (unpaired) electrons. The third-order valence-electron chi connectivity index (χ3n) is 4.18. The normalized spacial score (nSPS) is 17.0. The van der Waals surface area contributed by atoms with Crippen molar-refractivity contribution in [2.45, 2.75) is 22.3 Å². The molecule has 26 heavy (non-hydrogen) atoms. The number of nitrogens with zero attached hydrogens (tertiary/aromatic N) is 1. The van der Waals surface area contributed by atoms with Crippen molar-refractivity contribution in [1.29, 1.82) is 0 Å². The number of hydrogen-bond acceptors (Lipinski definition) is 4. The predicted molar refractivity (Wildman–Crippen MR) is 98.9 cm³/mol. The standard InChI is InChI=1S/C18H19FN2O3S2/c1-21(26(23,24)14-8-6-13(19)7-9-14)12-18(22)20-16-10-11-25-17-5-3-2-4-15(16)17/h2-9,16H,10-12H2,1H3,(H,20,22)/t16-/m1/s1. The summed E-state index contributed by atoms with van der Waals surface area (Å²) < 4.78 is 38.9. The van der Waals surface area contributed by atoms with E-state index in [0.717, 1.165) is 39.1 Å². The summed E-state index contributed by atoms with van der Waals surface area (Å²) >= 11 is 1.75. The zero-order valence-electron chi connectivity index (χ0n) is 14.2. The Kier molecular flexibility index (Phi) is 5.64. The van der Waals surface area contributed by atoms with Crippen LogP contribution in [0.25, 0.3) is 0 Å². The molecular formula is C18H19FN2O3S2. The van der Waals surface area contributed by atoms with E-state index in [0.29, 0.717) is 0 Å². The van der Waals surface area contributed by atoms with Crippen LogP contribution in [0.4, 0.5) is 4.39 Å². The fraction of sp³-hybridized carbons (Fsp3) is 0.278. The number of nitrogens with one attached hydrogen (secondary N) is 1. The summed E-state index contributed by atoms with van der Waals surface area (Å²) in [6.07, 6.45) is 0.793. The van der Waals surface area contributed by atoms with Crippen LogP contribution in [0.15, 0.2) is 58.3 Å². The van der Waals surface area contributed by atoms with Crippen molar-refractivity contribution in [3.8, 4) is 0 Å².